The third-order valence-electron chi connectivity index (χ3n) is 2.24. The van der Waals surface area contributed by atoms with Crippen molar-refractivity contribution in [3.8, 4) is 11.3 Å². The van der Waals surface area contributed by atoms with Gasteiger partial charge in [0, 0.05) is 35.5 Å². The highest BCUT2D eigenvalue weighted by molar-refractivity contribution is 9.10. The standard InChI is InChI=1S/C11H7BrF2N2O/c1-16-5-9(14)7(3-10(16)17)11-8(13)2-6(12)4-15-11/h2-5H,1H3. The molecule has 0 spiro atoms. The third kappa shape index (κ3) is 2.26. The molecule has 0 saturated heterocycles. The number of rotatable bonds is 1. The van der Waals surface area contributed by atoms with E-state index in [4.69, 9.17) is 0 Å². The summed E-state index contributed by atoms with van der Waals surface area (Å²) >= 11 is 3.05. The molecule has 2 rings (SSSR count). The maximum atomic E-state index is 13.6. The summed E-state index contributed by atoms with van der Waals surface area (Å²) in [5.74, 6) is -1.38. The molecule has 0 aliphatic carbocycles. The Morgan fingerprint density at radius 1 is 1.29 bits per heavy atom. The number of hydrogen-bond acceptors (Lipinski definition) is 2. The zero-order valence-electron chi connectivity index (χ0n) is 8.75. The molecule has 0 unspecified atom stereocenters. The quantitative estimate of drug-likeness (QED) is 0.811. The Kier molecular flexibility index (Phi) is 3.06. The van der Waals surface area contributed by atoms with E-state index in [2.05, 4.69) is 20.9 Å². The van der Waals surface area contributed by atoms with Gasteiger partial charge in [0.15, 0.2) is 5.82 Å². The first-order valence-corrected chi connectivity index (χ1v) is 5.46. The third-order valence-corrected chi connectivity index (χ3v) is 2.68. The van der Waals surface area contributed by atoms with Crippen molar-refractivity contribution in [3.63, 3.8) is 0 Å². The van der Waals surface area contributed by atoms with Crippen molar-refractivity contribution < 1.29 is 8.78 Å². The number of halogens is 3. The van der Waals surface area contributed by atoms with Crippen LogP contribution in [0.2, 0.25) is 0 Å². The Morgan fingerprint density at radius 3 is 2.65 bits per heavy atom. The molecule has 0 amide bonds. The molecule has 3 nitrogen and oxygen atoms in total. The summed E-state index contributed by atoms with van der Waals surface area (Å²) in [7, 11) is 1.42. The van der Waals surface area contributed by atoms with Crippen LogP contribution in [-0.2, 0) is 7.05 Å². The van der Waals surface area contributed by atoms with Gasteiger partial charge >= 0.3 is 0 Å². The highest BCUT2D eigenvalue weighted by atomic mass is 79.9. The number of pyridine rings is 2. The highest BCUT2D eigenvalue weighted by Gasteiger charge is 2.13. The molecule has 0 aliphatic heterocycles. The van der Waals surface area contributed by atoms with Gasteiger partial charge in [-0.1, -0.05) is 0 Å². The molecule has 2 aromatic rings. The smallest absolute Gasteiger partial charge is 0.251 e. The minimum atomic E-state index is -0.694. The van der Waals surface area contributed by atoms with E-state index >= 15 is 0 Å². The molecule has 0 bridgehead atoms. The Balaban J connectivity index is 2.68. The average Bonchev–Trinajstić information content (AvgIpc) is 2.24. The summed E-state index contributed by atoms with van der Waals surface area (Å²) in [6, 6.07) is 2.19. The minimum Gasteiger partial charge on any atom is -0.316 e. The second kappa shape index (κ2) is 4.37. The second-order valence-electron chi connectivity index (χ2n) is 3.47. The van der Waals surface area contributed by atoms with Gasteiger partial charge in [-0.2, -0.15) is 0 Å². The van der Waals surface area contributed by atoms with Crippen molar-refractivity contribution in [2.24, 2.45) is 7.05 Å². The van der Waals surface area contributed by atoms with Crippen LogP contribution >= 0.6 is 15.9 Å². The van der Waals surface area contributed by atoms with E-state index in [1.54, 1.807) is 0 Å². The van der Waals surface area contributed by atoms with Crippen molar-refractivity contribution in [2.45, 2.75) is 0 Å². The van der Waals surface area contributed by atoms with Gasteiger partial charge in [-0.15, -0.1) is 0 Å². The Labute approximate surface area is 104 Å². The first-order chi connectivity index (χ1) is 7.99. The molecule has 17 heavy (non-hydrogen) atoms. The zero-order chi connectivity index (χ0) is 12.6. The van der Waals surface area contributed by atoms with Gasteiger partial charge in [-0.25, -0.2) is 8.78 Å². The van der Waals surface area contributed by atoms with Crippen LogP contribution in [0.1, 0.15) is 0 Å². The van der Waals surface area contributed by atoms with Crippen LogP contribution in [0.3, 0.4) is 0 Å². The summed E-state index contributed by atoms with van der Waals surface area (Å²) in [6.45, 7) is 0. The molecule has 0 aromatic carbocycles. The van der Waals surface area contributed by atoms with Gasteiger partial charge in [-0.3, -0.25) is 9.78 Å². The van der Waals surface area contributed by atoms with E-state index in [0.29, 0.717) is 4.47 Å². The molecule has 2 aromatic heterocycles. The number of nitrogens with zero attached hydrogens (tertiary/aromatic N) is 2. The van der Waals surface area contributed by atoms with Crippen molar-refractivity contribution in [1.29, 1.82) is 0 Å². The van der Waals surface area contributed by atoms with Gasteiger partial charge in [-0.05, 0) is 22.0 Å². The predicted molar refractivity (Wildman–Crippen MR) is 62.5 cm³/mol. The molecule has 0 atom stereocenters. The first kappa shape index (κ1) is 11.9. The molecule has 0 N–H and O–H groups in total. The lowest BCUT2D eigenvalue weighted by Gasteiger charge is -2.05. The van der Waals surface area contributed by atoms with Gasteiger partial charge in [0.1, 0.15) is 11.5 Å². The minimum absolute atomic E-state index is 0.141. The Hall–Kier alpha value is -1.56. The van der Waals surface area contributed by atoms with E-state index in [0.717, 1.165) is 16.8 Å². The fourth-order valence-corrected chi connectivity index (χ4v) is 1.70. The molecule has 0 fully saturated rings. The van der Waals surface area contributed by atoms with Gasteiger partial charge in [0.2, 0.25) is 0 Å². The molecule has 0 aliphatic rings. The van der Waals surface area contributed by atoms with Crippen molar-refractivity contribution in [3.05, 3.63) is 51.0 Å². The molecule has 0 saturated carbocycles. The maximum absolute atomic E-state index is 13.6. The normalized spacial score (nSPS) is 10.6. The zero-order valence-corrected chi connectivity index (χ0v) is 10.3. The lowest BCUT2D eigenvalue weighted by molar-refractivity contribution is 0.597. The first-order valence-electron chi connectivity index (χ1n) is 4.66. The lowest BCUT2D eigenvalue weighted by atomic mass is 10.1. The molecule has 0 radical (unpaired) electrons. The van der Waals surface area contributed by atoms with Crippen LogP contribution in [0, 0.1) is 11.6 Å². The van der Waals surface area contributed by atoms with Crippen molar-refractivity contribution in [1.82, 2.24) is 9.55 Å². The lowest BCUT2D eigenvalue weighted by Crippen LogP contribution is -2.16. The van der Waals surface area contributed by atoms with Crippen LogP contribution < -0.4 is 5.56 Å². The maximum Gasteiger partial charge on any atom is 0.251 e. The largest absolute Gasteiger partial charge is 0.316 e. The highest BCUT2D eigenvalue weighted by Crippen LogP contribution is 2.23. The summed E-state index contributed by atoms with van der Waals surface area (Å²) < 4.78 is 28.7. The Bertz CT molecular complexity index is 640. The molecule has 88 valence electrons. The average molecular weight is 301 g/mol. The molecular weight excluding hydrogens is 294 g/mol. The summed E-state index contributed by atoms with van der Waals surface area (Å²) in [5, 5.41) is 0. The van der Waals surface area contributed by atoms with Crippen LogP contribution in [-0.4, -0.2) is 9.55 Å². The number of aromatic nitrogens is 2. The van der Waals surface area contributed by atoms with E-state index in [1.807, 2.05) is 0 Å². The van der Waals surface area contributed by atoms with Gasteiger partial charge in [0.05, 0.1) is 0 Å². The van der Waals surface area contributed by atoms with E-state index in [9.17, 15) is 13.6 Å². The topological polar surface area (TPSA) is 34.9 Å². The fourth-order valence-electron chi connectivity index (χ4n) is 1.39. The van der Waals surface area contributed by atoms with E-state index in [-0.39, 0.29) is 11.3 Å². The fraction of sp³-hybridized carbons (Fsp3) is 0.0909. The van der Waals surface area contributed by atoms with Crippen molar-refractivity contribution in [2.75, 3.05) is 0 Å². The van der Waals surface area contributed by atoms with Crippen molar-refractivity contribution >= 4 is 15.9 Å². The van der Waals surface area contributed by atoms with Crippen LogP contribution in [0.15, 0.2) is 33.8 Å². The summed E-state index contributed by atoms with van der Waals surface area (Å²) in [5.41, 5.74) is -0.744. The summed E-state index contributed by atoms with van der Waals surface area (Å²) in [6.07, 6.45) is 2.34. The molecular formula is C11H7BrF2N2O. The molecule has 6 heteroatoms. The van der Waals surface area contributed by atoms with Crippen LogP contribution in [0.4, 0.5) is 8.78 Å². The number of aryl methyl sites for hydroxylation is 1. The van der Waals surface area contributed by atoms with Crippen LogP contribution in [0.5, 0.6) is 0 Å². The predicted octanol–water partition coefficient (Wildman–Crippen LogP) is 2.49. The second-order valence-corrected chi connectivity index (χ2v) is 4.38. The van der Waals surface area contributed by atoms with E-state index in [1.165, 1.54) is 19.3 Å². The van der Waals surface area contributed by atoms with Gasteiger partial charge < -0.3 is 4.57 Å². The molecule has 2 heterocycles. The summed E-state index contributed by atoms with van der Waals surface area (Å²) in [4.78, 5) is 15.2. The SMILES string of the molecule is Cn1cc(F)c(-c2ncc(Br)cc2F)cc1=O. The van der Waals surface area contributed by atoms with Crippen LogP contribution in [0.25, 0.3) is 11.3 Å². The number of hydrogen-bond donors (Lipinski definition) is 0. The van der Waals surface area contributed by atoms with Gasteiger partial charge in [0.25, 0.3) is 5.56 Å². The Morgan fingerprint density at radius 2 is 2.00 bits per heavy atom. The monoisotopic (exact) mass is 300 g/mol. The van der Waals surface area contributed by atoms with E-state index < -0.39 is 17.2 Å².